The first-order chi connectivity index (χ1) is 4.76. The molecule has 0 fully saturated rings. The third kappa shape index (κ3) is 3.06. The summed E-state index contributed by atoms with van der Waals surface area (Å²) < 4.78 is 0. The van der Waals surface area contributed by atoms with Gasteiger partial charge in [-0.3, -0.25) is 9.63 Å². The molecule has 10 heavy (non-hydrogen) atoms. The molecule has 0 radical (unpaired) electrons. The molecule has 0 aliphatic carbocycles. The Morgan fingerprint density at radius 2 is 2.20 bits per heavy atom. The molecule has 0 aromatic rings. The molecule has 60 valence electrons. The molecule has 0 aromatic carbocycles. The van der Waals surface area contributed by atoms with E-state index >= 15 is 0 Å². The molecule has 0 saturated carbocycles. The second kappa shape index (κ2) is 5.54. The summed E-state index contributed by atoms with van der Waals surface area (Å²) in [4.78, 5) is 13.0. The van der Waals surface area contributed by atoms with Crippen LogP contribution >= 0.6 is 11.8 Å². The lowest BCUT2D eigenvalue weighted by atomic mass is 10.0. The Balaban J connectivity index is 3.68. The van der Waals surface area contributed by atoms with Gasteiger partial charge >= 0.3 is 0 Å². The maximum Gasteiger partial charge on any atom is 0.237 e. The van der Waals surface area contributed by atoms with Crippen LogP contribution in [0.25, 0.3) is 0 Å². The Kier molecular flexibility index (Phi) is 5.40. The Bertz CT molecular complexity index is 106. The van der Waals surface area contributed by atoms with Crippen LogP contribution in [0.2, 0.25) is 0 Å². The van der Waals surface area contributed by atoms with Crippen molar-refractivity contribution >= 4 is 17.7 Å². The maximum absolute atomic E-state index is 10.9. The molecule has 1 amide bonds. The highest BCUT2D eigenvalue weighted by atomic mass is 35.5. The van der Waals surface area contributed by atoms with Gasteiger partial charge < -0.3 is 0 Å². The smallest absolute Gasteiger partial charge is 0.237 e. The molecule has 0 saturated heterocycles. The van der Waals surface area contributed by atoms with Crippen LogP contribution in [-0.2, 0) is 4.79 Å². The highest BCUT2D eigenvalue weighted by Gasteiger charge is 2.13. The third-order valence-electron chi connectivity index (χ3n) is 1.59. The zero-order valence-corrected chi connectivity index (χ0v) is 7.24. The van der Waals surface area contributed by atoms with Gasteiger partial charge in [0.15, 0.2) is 0 Å². The molecule has 0 rings (SSSR count). The van der Waals surface area contributed by atoms with Crippen LogP contribution in [0.4, 0.5) is 0 Å². The van der Waals surface area contributed by atoms with Crippen molar-refractivity contribution in [2.75, 3.05) is 0 Å². The molecule has 2 nitrogen and oxygen atoms in total. The number of nitrogens with one attached hydrogen (secondary N) is 1. The van der Waals surface area contributed by atoms with Gasteiger partial charge in [-0.15, -0.1) is 0 Å². The van der Waals surface area contributed by atoms with Gasteiger partial charge in [0.25, 0.3) is 0 Å². The standard InChI is InChI=1S/C7H14ClNO/c1-3-5-6(4-2)7(10)9-8/h6H,3-5H2,1-2H3,(H,9,10). The fourth-order valence-electron chi connectivity index (χ4n) is 0.946. The topological polar surface area (TPSA) is 29.1 Å². The largest absolute Gasteiger partial charge is 0.273 e. The summed E-state index contributed by atoms with van der Waals surface area (Å²) in [6.45, 7) is 4.05. The van der Waals surface area contributed by atoms with E-state index in [0.29, 0.717) is 0 Å². The summed E-state index contributed by atoms with van der Waals surface area (Å²) in [6, 6.07) is 0. The molecule has 0 aliphatic rings. The van der Waals surface area contributed by atoms with Gasteiger partial charge in [-0.1, -0.05) is 20.3 Å². The zero-order chi connectivity index (χ0) is 7.98. The molecule has 1 atom stereocenters. The van der Waals surface area contributed by atoms with Gasteiger partial charge in [-0.05, 0) is 12.8 Å². The van der Waals surface area contributed by atoms with Crippen molar-refractivity contribution in [1.29, 1.82) is 0 Å². The lowest BCUT2D eigenvalue weighted by Crippen LogP contribution is -2.22. The third-order valence-corrected chi connectivity index (χ3v) is 1.78. The van der Waals surface area contributed by atoms with Crippen LogP contribution in [-0.4, -0.2) is 5.91 Å². The Morgan fingerprint density at radius 3 is 2.50 bits per heavy atom. The van der Waals surface area contributed by atoms with Gasteiger partial charge in [0.2, 0.25) is 5.91 Å². The fourth-order valence-corrected chi connectivity index (χ4v) is 1.10. The van der Waals surface area contributed by atoms with E-state index in [-0.39, 0.29) is 11.8 Å². The quantitative estimate of drug-likeness (QED) is 0.632. The average molecular weight is 164 g/mol. The Morgan fingerprint density at radius 1 is 1.60 bits per heavy atom. The first kappa shape index (κ1) is 9.76. The molecule has 0 aromatic heterocycles. The molecule has 0 heterocycles. The van der Waals surface area contributed by atoms with E-state index in [2.05, 4.69) is 11.8 Å². The second-order valence-corrected chi connectivity index (χ2v) is 2.54. The molecule has 0 spiro atoms. The molecular formula is C7H14ClNO. The van der Waals surface area contributed by atoms with E-state index in [1.165, 1.54) is 0 Å². The van der Waals surface area contributed by atoms with Gasteiger partial charge in [-0.25, -0.2) is 0 Å². The van der Waals surface area contributed by atoms with Crippen LogP contribution in [0.1, 0.15) is 33.1 Å². The first-order valence-corrected chi connectivity index (χ1v) is 4.04. The van der Waals surface area contributed by atoms with Crippen molar-refractivity contribution in [3.05, 3.63) is 0 Å². The van der Waals surface area contributed by atoms with Gasteiger partial charge in [0.05, 0.1) is 0 Å². The van der Waals surface area contributed by atoms with Crippen LogP contribution in [0, 0.1) is 5.92 Å². The minimum absolute atomic E-state index is 0.0500. The Labute approximate surface area is 67.1 Å². The van der Waals surface area contributed by atoms with Crippen molar-refractivity contribution in [3.63, 3.8) is 0 Å². The van der Waals surface area contributed by atoms with Crippen LogP contribution < -0.4 is 4.84 Å². The van der Waals surface area contributed by atoms with Crippen molar-refractivity contribution in [2.45, 2.75) is 33.1 Å². The number of carbonyl (C=O) groups excluding carboxylic acids is 1. The predicted octanol–water partition coefficient (Wildman–Crippen LogP) is 2.08. The molecule has 3 heteroatoms. The van der Waals surface area contributed by atoms with Gasteiger partial charge in [-0.2, -0.15) is 0 Å². The SMILES string of the molecule is CCCC(CC)C(=O)NCl. The number of rotatable bonds is 4. The van der Waals surface area contributed by atoms with E-state index in [0.717, 1.165) is 19.3 Å². The minimum Gasteiger partial charge on any atom is -0.273 e. The summed E-state index contributed by atoms with van der Waals surface area (Å²) in [5, 5.41) is 0. The van der Waals surface area contributed by atoms with Gasteiger partial charge in [0, 0.05) is 17.7 Å². The van der Waals surface area contributed by atoms with E-state index in [1.807, 2.05) is 6.92 Å². The van der Waals surface area contributed by atoms with Crippen LogP contribution in [0.5, 0.6) is 0 Å². The number of hydrogen-bond acceptors (Lipinski definition) is 1. The normalized spacial score (nSPS) is 12.7. The van der Waals surface area contributed by atoms with Crippen LogP contribution in [0.15, 0.2) is 0 Å². The van der Waals surface area contributed by atoms with Crippen molar-refractivity contribution < 1.29 is 4.79 Å². The summed E-state index contributed by atoms with van der Waals surface area (Å²) in [7, 11) is 0. The average Bonchev–Trinajstić information content (AvgIpc) is 1.99. The predicted molar refractivity (Wildman–Crippen MR) is 42.7 cm³/mol. The maximum atomic E-state index is 10.9. The van der Waals surface area contributed by atoms with Crippen LogP contribution in [0.3, 0.4) is 0 Å². The fraction of sp³-hybridized carbons (Fsp3) is 0.857. The second-order valence-electron chi connectivity index (χ2n) is 2.35. The van der Waals surface area contributed by atoms with Crippen molar-refractivity contribution in [2.24, 2.45) is 5.92 Å². The molecular weight excluding hydrogens is 150 g/mol. The molecule has 1 N–H and O–H groups in total. The van der Waals surface area contributed by atoms with Crippen molar-refractivity contribution in [1.82, 2.24) is 4.84 Å². The highest BCUT2D eigenvalue weighted by Crippen LogP contribution is 2.10. The molecule has 0 aliphatic heterocycles. The molecule has 0 bridgehead atoms. The number of carbonyl (C=O) groups is 1. The summed E-state index contributed by atoms with van der Waals surface area (Å²) in [5.41, 5.74) is 0. The van der Waals surface area contributed by atoms with E-state index in [4.69, 9.17) is 11.8 Å². The van der Waals surface area contributed by atoms with E-state index in [1.54, 1.807) is 0 Å². The first-order valence-electron chi connectivity index (χ1n) is 3.66. The lowest BCUT2D eigenvalue weighted by Gasteiger charge is -2.09. The number of hydrogen-bond donors (Lipinski definition) is 1. The molecule has 1 unspecified atom stereocenters. The zero-order valence-electron chi connectivity index (χ0n) is 6.48. The van der Waals surface area contributed by atoms with E-state index in [9.17, 15) is 4.79 Å². The summed E-state index contributed by atoms with van der Waals surface area (Å²) in [6.07, 6.45) is 2.82. The van der Waals surface area contributed by atoms with Crippen molar-refractivity contribution in [3.8, 4) is 0 Å². The Hall–Kier alpha value is -0.240. The van der Waals surface area contributed by atoms with E-state index < -0.39 is 0 Å². The lowest BCUT2D eigenvalue weighted by molar-refractivity contribution is -0.123. The summed E-state index contributed by atoms with van der Waals surface area (Å²) in [5.74, 6) is 0.0496. The number of amides is 1. The number of halogens is 1. The summed E-state index contributed by atoms with van der Waals surface area (Å²) >= 11 is 5.16. The monoisotopic (exact) mass is 163 g/mol. The minimum atomic E-state index is -0.0500. The highest BCUT2D eigenvalue weighted by molar-refractivity contribution is 6.21. The van der Waals surface area contributed by atoms with Gasteiger partial charge in [0.1, 0.15) is 0 Å².